The van der Waals surface area contributed by atoms with E-state index in [0.29, 0.717) is 6.54 Å². The summed E-state index contributed by atoms with van der Waals surface area (Å²) in [5, 5.41) is 2.87. The fourth-order valence-corrected chi connectivity index (χ4v) is 2.77. The van der Waals surface area contributed by atoms with Crippen LogP contribution in [0.5, 0.6) is 0 Å². The molecule has 0 fully saturated rings. The molecule has 3 rings (SSSR count). The molecule has 26 heavy (non-hydrogen) atoms. The first kappa shape index (κ1) is 17.7. The van der Waals surface area contributed by atoms with Crippen molar-refractivity contribution in [2.45, 2.75) is 19.9 Å². The maximum Gasteiger partial charge on any atom is 0.251 e. The summed E-state index contributed by atoms with van der Waals surface area (Å²) in [4.78, 5) is 24.2. The molecule has 0 radical (unpaired) electrons. The molecule has 0 aliphatic carbocycles. The minimum Gasteiger partial charge on any atom is -0.354 e. The second-order valence-corrected chi connectivity index (χ2v) is 6.34. The Bertz CT molecular complexity index is 928. The van der Waals surface area contributed by atoms with Gasteiger partial charge in [-0.3, -0.25) is 9.59 Å². The van der Waals surface area contributed by atoms with E-state index in [4.69, 9.17) is 0 Å². The Hall–Kier alpha value is -3.14. The van der Waals surface area contributed by atoms with Crippen LogP contribution in [0.1, 0.15) is 11.1 Å². The van der Waals surface area contributed by atoms with Crippen LogP contribution < -0.4 is 10.9 Å². The molecule has 0 bridgehead atoms. The molecule has 1 aromatic heterocycles. The summed E-state index contributed by atoms with van der Waals surface area (Å²) >= 11 is 0. The van der Waals surface area contributed by atoms with Crippen molar-refractivity contribution in [2.75, 3.05) is 6.54 Å². The fraction of sp³-hybridized carbons (Fsp3) is 0.182. The van der Waals surface area contributed by atoms with Gasteiger partial charge in [0.25, 0.3) is 5.56 Å². The van der Waals surface area contributed by atoms with Crippen molar-refractivity contribution in [2.24, 2.45) is 0 Å². The van der Waals surface area contributed by atoms with Gasteiger partial charge in [0.2, 0.25) is 5.91 Å². The molecule has 0 aliphatic heterocycles. The minimum absolute atomic E-state index is 0.0212. The van der Waals surface area contributed by atoms with Gasteiger partial charge in [0, 0.05) is 18.8 Å². The van der Waals surface area contributed by atoms with Crippen molar-refractivity contribution in [1.82, 2.24) is 9.88 Å². The molecule has 0 atom stereocenters. The third-order valence-electron chi connectivity index (χ3n) is 4.26. The zero-order valence-corrected chi connectivity index (χ0v) is 14.8. The second kappa shape index (κ2) is 8.30. The van der Waals surface area contributed by atoms with Gasteiger partial charge in [-0.25, -0.2) is 0 Å². The lowest BCUT2D eigenvalue weighted by atomic mass is 10.1. The molecular weight excluding hydrogens is 324 g/mol. The minimum atomic E-state index is -0.181. The van der Waals surface area contributed by atoms with Gasteiger partial charge in [0.15, 0.2) is 0 Å². The van der Waals surface area contributed by atoms with Crippen LogP contribution in [0, 0.1) is 6.92 Å². The Balaban J connectivity index is 1.63. The third-order valence-corrected chi connectivity index (χ3v) is 4.26. The van der Waals surface area contributed by atoms with E-state index in [2.05, 4.69) is 5.32 Å². The number of nitrogens with zero attached hydrogens (tertiary/aromatic N) is 1. The highest BCUT2D eigenvalue weighted by atomic mass is 16.2. The fourth-order valence-electron chi connectivity index (χ4n) is 2.77. The molecule has 0 spiro atoms. The van der Waals surface area contributed by atoms with Crippen molar-refractivity contribution >= 4 is 5.91 Å². The molecule has 0 saturated heterocycles. The van der Waals surface area contributed by atoms with Crippen molar-refractivity contribution < 1.29 is 4.79 Å². The number of hydrogen-bond donors (Lipinski definition) is 1. The third kappa shape index (κ3) is 4.70. The van der Waals surface area contributed by atoms with Crippen LogP contribution in [0.2, 0.25) is 0 Å². The summed E-state index contributed by atoms with van der Waals surface area (Å²) < 4.78 is 1.45. The molecule has 2 aromatic carbocycles. The van der Waals surface area contributed by atoms with Crippen molar-refractivity contribution in [3.05, 3.63) is 94.4 Å². The summed E-state index contributed by atoms with van der Waals surface area (Å²) in [6.45, 7) is 2.60. The number of carbonyl (C=O) groups excluding carboxylic acids is 1. The SMILES string of the molecule is Cc1ccc(-c2ccc(=O)n(CC(=O)NCCc3ccccc3)c2)cc1. The van der Waals surface area contributed by atoms with Gasteiger partial charge in [0.05, 0.1) is 0 Å². The van der Waals surface area contributed by atoms with Crippen LogP contribution >= 0.6 is 0 Å². The highest BCUT2D eigenvalue weighted by Gasteiger charge is 2.06. The summed E-state index contributed by atoms with van der Waals surface area (Å²) in [5.41, 5.74) is 4.11. The predicted octanol–water partition coefficient (Wildman–Crippen LogP) is 3.18. The molecule has 1 amide bonds. The predicted molar refractivity (Wildman–Crippen MR) is 104 cm³/mol. The molecule has 0 aliphatic rings. The average Bonchev–Trinajstić information content (AvgIpc) is 2.65. The van der Waals surface area contributed by atoms with Crippen LogP contribution in [-0.4, -0.2) is 17.0 Å². The van der Waals surface area contributed by atoms with Gasteiger partial charge in [-0.05, 0) is 36.1 Å². The number of nitrogens with one attached hydrogen (secondary N) is 1. The Morgan fingerprint density at radius 2 is 1.62 bits per heavy atom. The summed E-state index contributed by atoms with van der Waals surface area (Å²) in [5.74, 6) is -0.163. The number of amides is 1. The summed E-state index contributed by atoms with van der Waals surface area (Å²) in [6, 6.07) is 21.4. The van der Waals surface area contributed by atoms with Gasteiger partial charge in [-0.1, -0.05) is 60.2 Å². The maximum atomic E-state index is 12.2. The zero-order chi connectivity index (χ0) is 18.4. The van der Waals surface area contributed by atoms with E-state index in [1.165, 1.54) is 21.8 Å². The van der Waals surface area contributed by atoms with Crippen LogP contribution in [-0.2, 0) is 17.8 Å². The first-order valence-electron chi connectivity index (χ1n) is 8.70. The van der Waals surface area contributed by atoms with Crippen LogP contribution in [0.3, 0.4) is 0 Å². The second-order valence-electron chi connectivity index (χ2n) is 6.34. The van der Waals surface area contributed by atoms with Gasteiger partial charge < -0.3 is 9.88 Å². The summed E-state index contributed by atoms with van der Waals surface area (Å²) in [6.07, 6.45) is 2.51. The maximum absolute atomic E-state index is 12.2. The highest BCUT2D eigenvalue weighted by Crippen LogP contribution is 2.18. The normalized spacial score (nSPS) is 10.5. The van der Waals surface area contributed by atoms with Crippen LogP contribution in [0.4, 0.5) is 0 Å². The van der Waals surface area contributed by atoms with Crippen molar-refractivity contribution in [3.8, 4) is 11.1 Å². The Morgan fingerprint density at radius 3 is 2.35 bits per heavy atom. The molecule has 132 valence electrons. The number of aryl methyl sites for hydroxylation is 1. The van der Waals surface area contributed by atoms with E-state index in [1.807, 2.05) is 61.5 Å². The smallest absolute Gasteiger partial charge is 0.251 e. The molecular formula is C22H22N2O2. The lowest BCUT2D eigenvalue weighted by Gasteiger charge is -2.10. The lowest BCUT2D eigenvalue weighted by Crippen LogP contribution is -2.33. The number of aromatic nitrogens is 1. The van der Waals surface area contributed by atoms with E-state index in [0.717, 1.165) is 17.5 Å². The standard InChI is InChI=1S/C22H22N2O2/c1-17-7-9-19(10-8-17)20-11-12-22(26)24(15-20)16-21(25)23-14-13-18-5-3-2-4-6-18/h2-12,15H,13-14,16H2,1H3,(H,23,25). The van der Waals surface area contributed by atoms with Gasteiger partial charge >= 0.3 is 0 Å². The topological polar surface area (TPSA) is 51.1 Å². The number of rotatable bonds is 6. The molecule has 1 heterocycles. The van der Waals surface area contributed by atoms with Gasteiger partial charge in [-0.2, -0.15) is 0 Å². The van der Waals surface area contributed by atoms with Crippen LogP contribution in [0.25, 0.3) is 11.1 Å². The lowest BCUT2D eigenvalue weighted by molar-refractivity contribution is -0.121. The molecule has 0 unspecified atom stereocenters. The molecule has 0 saturated carbocycles. The van der Waals surface area contributed by atoms with Gasteiger partial charge in [0.1, 0.15) is 6.54 Å². The first-order valence-corrected chi connectivity index (χ1v) is 8.70. The average molecular weight is 346 g/mol. The number of benzene rings is 2. The van der Waals surface area contributed by atoms with Gasteiger partial charge in [-0.15, -0.1) is 0 Å². The molecule has 4 heteroatoms. The van der Waals surface area contributed by atoms with Crippen molar-refractivity contribution in [3.63, 3.8) is 0 Å². The zero-order valence-electron chi connectivity index (χ0n) is 14.8. The number of pyridine rings is 1. The molecule has 4 nitrogen and oxygen atoms in total. The van der Waals surface area contributed by atoms with Crippen LogP contribution in [0.15, 0.2) is 77.7 Å². The Morgan fingerprint density at radius 1 is 0.923 bits per heavy atom. The first-order chi connectivity index (χ1) is 12.6. The number of carbonyl (C=O) groups is 1. The monoisotopic (exact) mass is 346 g/mol. The van der Waals surface area contributed by atoms with E-state index in [-0.39, 0.29) is 18.0 Å². The van der Waals surface area contributed by atoms with Crippen molar-refractivity contribution in [1.29, 1.82) is 0 Å². The quantitative estimate of drug-likeness (QED) is 0.745. The largest absolute Gasteiger partial charge is 0.354 e. The van der Waals surface area contributed by atoms with E-state index in [9.17, 15) is 9.59 Å². The Kier molecular flexibility index (Phi) is 5.64. The Labute approximate surface area is 153 Å². The summed E-state index contributed by atoms with van der Waals surface area (Å²) in [7, 11) is 0. The molecule has 1 N–H and O–H groups in total. The van der Waals surface area contributed by atoms with E-state index >= 15 is 0 Å². The van der Waals surface area contributed by atoms with E-state index in [1.54, 1.807) is 12.3 Å². The number of hydrogen-bond acceptors (Lipinski definition) is 2. The highest BCUT2D eigenvalue weighted by molar-refractivity contribution is 5.76. The molecule has 3 aromatic rings. The van der Waals surface area contributed by atoms with E-state index < -0.39 is 0 Å².